The van der Waals surface area contributed by atoms with Crippen molar-refractivity contribution in [3.05, 3.63) is 0 Å². The Labute approximate surface area is 106 Å². The molecule has 0 aromatic carbocycles. The Balaban J connectivity index is 1.76. The van der Waals surface area contributed by atoms with Crippen LogP contribution in [0.25, 0.3) is 0 Å². The molecular weight excluding hydrogens is 208 g/mol. The van der Waals surface area contributed by atoms with Crippen molar-refractivity contribution in [1.82, 2.24) is 9.80 Å². The summed E-state index contributed by atoms with van der Waals surface area (Å²) in [6, 6.07) is 1.68. The second-order valence-electron chi connectivity index (χ2n) is 6.93. The van der Waals surface area contributed by atoms with Crippen LogP contribution < -0.4 is 0 Å². The summed E-state index contributed by atoms with van der Waals surface area (Å²) in [4.78, 5) is 5.63. The Kier molecular flexibility index (Phi) is 2.99. The van der Waals surface area contributed by atoms with Crippen molar-refractivity contribution < 1.29 is 0 Å². The lowest BCUT2D eigenvalue weighted by Crippen LogP contribution is -2.62. The van der Waals surface area contributed by atoms with Crippen LogP contribution in [0.2, 0.25) is 0 Å². The lowest BCUT2D eigenvalue weighted by atomic mass is 9.90. The molecule has 1 saturated carbocycles. The van der Waals surface area contributed by atoms with Crippen molar-refractivity contribution in [1.29, 1.82) is 0 Å². The van der Waals surface area contributed by atoms with Gasteiger partial charge < -0.3 is 0 Å². The fourth-order valence-corrected chi connectivity index (χ4v) is 4.17. The quantitative estimate of drug-likeness (QED) is 0.743. The molecule has 0 amide bonds. The molecule has 3 aliphatic rings. The van der Waals surface area contributed by atoms with Crippen molar-refractivity contribution in [2.75, 3.05) is 19.6 Å². The Hall–Kier alpha value is -0.0800. The van der Waals surface area contributed by atoms with Gasteiger partial charge in [-0.15, -0.1) is 0 Å². The van der Waals surface area contributed by atoms with Gasteiger partial charge in [0.25, 0.3) is 0 Å². The lowest BCUT2D eigenvalue weighted by Gasteiger charge is -2.51. The molecule has 0 radical (unpaired) electrons. The molecule has 0 N–H and O–H groups in total. The third-order valence-electron chi connectivity index (χ3n) is 5.58. The summed E-state index contributed by atoms with van der Waals surface area (Å²) in [6.45, 7) is 11.4. The van der Waals surface area contributed by atoms with Crippen molar-refractivity contribution in [2.24, 2.45) is 5.92 Å². The molecule has 2 saturated heterocycles. The Morgan fingerprint density at radius 1 is 1.12 bits per heavy atom. The summed E-state index contributed by atoms with van der Waals surface area (Å²) in [7, 11) is 0. The van der Waals surface area contributed by atoms with Crippen LogP contribution >= 0.6 is 0 Å². The van der Waals surface area contributed by atoms with Gasteiger partial charge >= 0.3 is 0 Å². The van der Waals surface area contributed by atoms with Crippen molar-refractivity contribution in [3.63, 3.8) is 0 Å². The van der Waals surface area contributed by atoms with Gasteiger partial charge in [-0.05, 0) is 58.4 Å². The molecule has 2 heterocycles. The van der Waals surface area contributed by atoms with Crippen LogP contribution in [0.5, 0.6) is 0 Å². The largest absolute Gasteiger partial charge is 0.298 e. The normalized spacial score (nSPS) is 36.2. The van der Waals surface area contributed by atoms with E-state index in [-0.39, 0.29) is 0 Å². The highest BCUT2D eigenvalue weighted by Crippen LogP contribution is 2.45. The van der Waals surface area contributed by atoms with E-state index in [2.05, 4.69) is 30.6 Å². The summed E-state index contributed by atoms with van der Waals surface area (Å²) in [5, 5.41) is 0. The molecule has 2 nitrogen and oxygen atoms in total. The standard InChI is InChI=1S/C15H28N2/c1-4-13-10-16-9-5-6-14(16)11-17(13)15(2,3)12-7-8-12/h12-14H,4-11H2,1-3H3. The maximum absolute atomic E-state index is 2.87. The van der Waals surface area contributed by atoms with E-state index >= 15 is 0 Å². The van der Waals surface area contributed by atoms with E-state index in [1.165, 1.54) is 51.7 Å². The maximum Gasteiger partial charge on any atom is 0.0226 e. The van der Waals surface area contributed by atoms with Gasteiger partial charge in [-0.2, -0.15) is 0 Å². The number of hydrogen-bond donors (Lipinski definition) is 0. The third kappa shape index (κ3) is 2.04. The molecule has 0 spiro atoms. The maximum atomic E-state index is 2.87. The van der Waals surface area contributed by atoms with Crippen molar-refractivity contribution >= 4 is 0 Å². The topological polar surface area (TPSA) is 6.48 Å². The molecule has 0 aromatic rings. The Bertz CT molecular complexity index is 283. The van der Waals surface area contributed by atoms with Crippen LogP contribution in [0.3, 0.4) is 0 Å². The van der Waals surface area contributed by atoms with Crippen LogP contribution in [-0.2, 0) is 0 Å². The fraction of sp³-hybridized carbons (Fsp3) is 1.00. The number of nitrogens with zero attached hydrogens (tertiary/aromatic N) is 2. The number of fused-ring (bicyclic) bond motifs is 1. The highest BCUT2D eigenvalue weighted by Gasteiger charge is 2.47. The minimum atomic E-state index is 0.454. The van der Waals surface area contributed by atoms with Crippen molar-refractivity contribution in [3.8, 4) is 0 Å². The summed E-state index contributed by atoms with van der Waals surface area (Å²) >= 11 is 0. The predicted molar refractivity (Wildman–Crippen MR) is 72.2 cm³/mol. The molecule has 0 bridgehead atoms. The van der Waals surface area contributed by atoms with Crippen molar-refractivity contribution in [2.45, 2.75) is 70.5 Å². The molecule has 2 aliphatic heterocycles. The summed E-state index contributed by atoms with van der Waals surface area (Å²) in [6.07, 6.45) is 7.12. The molecule has 2 atom stereocenters. The van der Waals surface area contributed by atoms with Gasteiger partial charge in [0.05, 0.1) is 0 Å². The minimum absolute atomic E-state index is 0.454. The SMILES string of the molecule is CCC1CN2CCCC2CN1C(C)(C)C1CC1. The first-order chi connectivity index (χ1) is 8.13. The van der Waals surface area contributed by atoms with Gasteiger partial charge in [0.1, 0.15) is 0 Å². The van der Waals surface area contributed by atoms with Crippen LogP contribution in [0.1, 0.15) is 52.9 Å². The van der Waals surface area contributed by atoms with Gasteiger partial charge in [-0.3, -0.25) is 9.80 Å². The summed E-state index contributed by atoms with van der Waals surface area (Å²) in [5.74, 6) is 0.976. The number of piperazine rings is 1. The van der Waals surface area contributed by atoms with Crippen LogP contribution in [-0.4, -0.2) is 47.1 Å². The van der Waals surface area contributed by atoms with Crippen LogP contribution in [0.4, 0.5) is 0 Å². The van der Waals surface area contributed by atoms with Crippen LogP contribution in [0.15, 0.2) is 0 Å². The van der Waals surface area contributed by atoms with E-state index in [0.717, 1.165) is 18.0 Å². The fourth-order valence-electron chi connectivity index (χ4n) is 4.17. The molecular formula is C15H28N2. The molecule has 3 fully saturated rings. The van der Waals surface area contributed by atoms with Gasteiger partial charge in [0.2, 0.25) is 0 Å². The third-order valence-corrected chi connectivity index (χ3v) is 5.58. The highest BCUT2D eigenvalue weighted by atomic mass is 15.3. The van der Waals surface area contributed by atoms with E-state index in [4.69, 9.17) is 0 Å². The van der Waals surface area contributed by atoms with E-state index in [9.17, 15) is 0 Å². The molecule has 3 rings (SSSR count). The Morgan fingerprint density at radius 3 is 2.53 bits per heavy atom. The van der Waals surface area contributed by atoms with E-state index in [1.54, 1.807) is 0 Å². The van der Waals surface area contributed by atoms with Gasteiger partial charge in [0.15, 0.2) is 0 Å². The van der Waals surface area contributed by atoms with Crippen LogP contribution in [0, 0.1) is 5.92 Å². The molecule has 0 aromatic heterocycles. The van der Waals surface area contributed by atoms with Gasteiger partial charge in [-0.25, -0.2) is 0 Å². The molecule has 2 unspecified atom stereocenters. The zero-order valence-electron chi connectivity index (χ0n) is 11.8. The molecule has 2 heteroatoms. The zero-order valence-corrected chi connectivity index (χ0v) is 11.8. The summed E-state index contributed by atoms with van der Waals surface area (Å²) in [5.41, 5.74) is 0.454. The average Bonchev–Trinajstić information content (AvgIpc) is 3.07. The molecule has 17 heavy (non-hydrogen) atoms. The van der Waals surface area contributed by atoms with Gasteiger partial charge in [-0.1, -0.05) is 6.92 Å². The van der Waals surface area contributed by atoms with E-state index < -0.39 is 0 Å². The zero-order chi connectivity index (χ0) is 12.0. The first kappa shape index (κ1) is 12.0. The average molecular weight is 236 g/mol. The summed E-state index contributed by atoms with van der Waals surface area (Å²) < 4.78 is 0. The molecule has 1 aliphatic carbocycles. The predicted octanol–water partition coefficient (Wildman–Crippen LogP) is 2.73. The second kappa shape index (κ2) is 4.24. The van der Waals surface area contributed by atoms with E-state index in [1.807, 2.05) is 0 Å². The number of hydrogen-bond acceptors (Lipinski definition) is 2. The first-order valence-electron chi connectivity index (χ1n) is 7.63. The highest BCUT2D eigenvalue weighted by molar-refractivity contribution is 5.03. The first-order valence-corrected chi connectivity index (χ1v) is 7.63. The number of rotatable bonds is 3. The smallest absolute Gasteiger partial charge is 0.0226 e. The minimum Gasteiger partial charge on any atom is -0.298 e. The van der Waals surface area contributed by atoms with E-state index in [0.29, 0.717) is 5.54 Å². The second-order valence-corrected chi connectivity index (χ2v) is 6.93. The Morgan fingerprint density at radius 2 is 1.88 bits per heavy atom. The lowest BCUT2D eigenvalue weighted by molar-refractivity contribution is -0.0263. The molecule has 98 valence electrons. The monoisotopic (exact) mass is 236 g/mol. The van der Waals surface area contributed by atoms with Gasteiger partial charge in [0, 0.05) is 30.7 Å².